The van der Waals surface area contributed by atoms with E-state index in [2.05, 4.69) is 10.5 Å². The standard InChI is InChI=1S/C17H19F3N2O2/c1-10-7-16(23,8-15(21-10)14-9-24-22-11(14)2)12-3-5-13(6-4-12)17(18,19)20/h3-6,9-10,15,21,23H,7-8H2,1-2H3/t10-,15-,16?/m0/s1. The lowest BCUT2D eigenvalue weighted by molar-refractivity contribution is -0.137. The van der Waals surface area contributed by atoms with E-state index in [-0.39, 0.29) is 12.1 Å². The maximum atomic E-state index is 12.7. The average Bonchev–Trinajstić information content (AvgIpc) is 2.92. The molecule has 24 heavy (non-hydrogen) atoms. The van der Waals surface area contributed by atoms with E-state index in [1.165, 1.54) is 18.4 Å². The third kappa shape index (κ3) is 3.18. The molecule has 1 unspecified atom stereocenters. The molecule has 2 N–H and O–H groups in total. The Morgan fingerprint density at radius 3 is 2.46 bits per heavy atom. The fourth-order valence-electron chi connectivity index (χ4n) is 3.43. The number of aliphatic hydroxyl groups is 1. The van der Waals surface area contributed by atoms with Crippen molar-refractivity contribution in [1.29, 1.82) is 0 Å². The minimum atomic E-state index is -4.38. The van der Waals surface area contributed by atoms with E-state index in [9.17, 15) is 18.3 Å². The Kier molecular flexibility index (Phi) is 4.17. The Labute approximate surface area is 137 Å². The van der Waals surface area contributed by atoms with Crippen molar-refractivity contribution in [3.8, 4) is 0 Å². The van der Waals surface area contributed by atoms with E-state index in [1.807, 2.05) is 13.8 Å². The number of hydrogen-bond donors (Lipinski definition) is 2. The molecule has 0 bridgehead atoms. The van der Waals surface area contributed by atoms with Gasteiger partial charge in [-0.1, -0.05) is 17.3 Å². The number of aromatic nitrogens is 1. The van der Waals surface area contributed by atoms with Crippen LogP contribution < -0.4 is 5.32 Å². The molecular formula is C17H19F3N2O2. The number of alkyl halides is 3. The van der Waals surface area contributed by atoms with Crippen molar-refractivity contribution in [1.82, 2.24) is 10.5 Å². The molecule has 1 saturated heterocycles. The lowest BCUT2D eigenvalue weighted by atomic mass is 9.77. The summed E-state index contributed by atoms with van der Waals surface area (Å²) in [5, 5.41) is 18.3. The van der Waals surface area contributed by atoms with Crippen molar-refractivity contribution in [3.05, 3.63) is 52.9 Å². The zero-order valence-electron chi connectivity index (χ0n) is 13.4. The highest BCUT2D eigenvalue weighted by Gasteiger charge is 2.40. The van der Waals surface area contributed by atoms with Gasteiger partial charge in [0.25, 0.3) is 0 Å². The second-order valence-corrected chi connectivity index (χ2v) is 6.49. The van der Waals surface area contributed by atoms with Crippen molar-refractivity contribution in [2.45, 2.75) is 50.6 Å². The van der Waals surface area contributed by atoms with Gasteiger partial charge in [-0.05, 0) is 38.0 Å². The Morgan fingerprint density at radius 1 is 1.25 bits per heavy atom. The molecule has 3 atom stereocenters. The topological polar surface area (TPSA) is 58.3 Å². The molecule has 0 spiro atoms. The van der Waals surface area contributed by atoms with Gasteiger partial charge in [-0.25, -0.2) is 0 Å². The summed E-state index contributed by atoms with van der Waals surface area (Å²) in [5.74, 6) is 0. The molecule has 1 fully saturated rings. The number of piperidine rings is 1. The van der Waals surface area contributed by atoms with Gasteiger partial charge in [0, 0.05) is 24.1 Å². The van der Waals surface area contributed by atoms with Crippen molar-refractivity contribution in [2.75, 3.05) is 0 Å². The molecule has 2 heterocycles. The number of nitrogens with one attached hydrogen (secondary N) is 1. The minimum Gasteiger partial charge on any atom is -0.385 e. The minimum absolute atomic E-state index is 0.00894. The monoisotopic (exact) mass is 340 g/mol. The Balaban J connectivity index is 1.89. The Morgan fingerprint density at radius 2 is 1.92 bits per heavy atom. The van der Waals surface area contributed by atoms with E-state index < -0.39 is 17.3 Å². The molecule has 1 aliphatic rings. The first kappa shape index (κ1) is 17.0. The van der Waals surface area contributed by atoms with Gasteiger partial charge in [-0.3, -0.25) is 0 Å². The van der Waals surface area contributed by atoms with Crippen molar-refractivity contribution in [2.24, 2.45) is 0 Å². The molecule has 3 rings (SSSR count). The number of benzene rings is 1. The lowest BCUT2D eigenvalue weighted by Crippen LogP contribution is -2.46. The molecule has 1 aromatic carbocycles. The largest absolute Gasteiger partial charge is 0.416 e. The van der Waals surface area contributed by atoms with Gasteiger partial charge in [0.05, 0.1) is 16.9 Å². The average molecular weight is 340 g/mol. The van der Waals surface area contributed by atoms with Crippen LogP contribution in [0.2, 0.25) is 0 Å². The third-order valence-corrected chi connectivity index (χ3v) is 4.58. The van der Waals surface area contributed by atoms with Crippen LogP contribution in [0.1, 0.15) is 48.2 Å². The maximum absolute atomic E-state index is 12.7. The summed E-state index contributed by atoms with van der Waals surface area (Å²) < 4.78 is 43.1. The van der Waals surface area contributed by atoms with Gasteiger partial charge >= 0.3 is 6.18 Å². The highest BCUT2D eigenvalue weighted by Crippen LogP contribution is 2.41. The first-order chi connectivity index (χ1) is 11.2. The molecule has 7 heteroatoms. The molecule has 130 valence electrons. The first-order valence-electron chi connectivity index (χ1n) is 7.76. The zero-order valence-corrected chi connectivity index (χ0v) is 13.4. The second kappa shape index (κ2) is 5.89. The van der Waals surface area contributed by atoms with Crippen LogP contribution in [0.15, 0.2) is 35.1 Å². The van der Waals surface area contributed by atoms with Crippen molar-refractivity contribution >= 4 is 0 Å². The molecule has 0 amide bonds. The summed E-state index contributed by atoms with van der Waals surface area (Å²) in [4.78, 5) is 0. The number of rotatable bonds is 2. The summed E-state index contributed by atoms with van der Waals surface area (Å²) in [6.07, 6.45) is -2.09. The molecule has 1 aromatic heterocycles. The van der Waals surface area contributed by atoms with Crippen LogP contribution in [0.25, 0.3) is 0 Å². The lowest BCUT2D eigenvalue weighted by Gasteiger charge is -2.41. The Bertz CT molecular complexity index is 711. The van der Waals surface area contributed by atoms with Crippen molar-refractivity contribution in [3.63, 3.8) is 0 Å². The molecule has 2 aromatic rings. The van der Waals surface area contributed by atoms with E-state index >= 15 is 0 Å². The second-order valence-electron chi connectivity index (χ2n) is 6.49. The summed E-state index contributed by atoms with van der Waals surface area (Å²) in [6.45, 7) is 3.75. The van der Waals surface area contributed by atoms with Crippen LogP contribution in [0, 0.1) is 6.92 Å². The molecule has 0 saturated carbocycles. The van der Waals surface area contributed by atoms with Gasteiger partial charge in [-0.2, -0.15) is 13.2 Å². The Hall–Kier alpha value is -1.86. The fourth-order valence-corrected chi connectivity index (χ4v) is 3.43. The van der Waals surface area contributed by atoms with Crippen LogP contribution in [-0.4, -0.2) is 16.3 Å². The van der Waals surface area contributed by atoms with Gasteiger partial charge in [0.2, 0.25) is 0 Å². The molecule has 1 aliphatic heterocycles. The first-order valence-corrected chi connectivity index (χ1v) is 7.76. The van der Waals surface area contributed by atoms with Crippen LogP contribution in [-0.2, 0) is 11.8 Å². The summed E-state index contributed by atoms with van der Waals surface area (Å²) in [6, 6.07) is 4.56. The predicted octanol–water partition coefficient (Wildman–Crippen LogP) is 3.70. The van der Waals surface area contributed by atoms with E-state index in [1.54, 1.807) is 0 Å². The fraction of sp³-hybridized carbons (Fsp3) is 0.471. The normalized spacial score (nSPS) is 28.1. The van der Waals surface area contributed by atoms with Crippen molar-refractivity contribution < 1.29 is 22.8 Å². The predicted molar refractivity (Wildman–Crippen MR) is 81.2 cm³/mol. The molecule has 0 radical (unpaired) electrons. The highest BCUT2D eigenvalue weighted by molar-refractivity contribution is 5.31. The third-order valence-electron chi connectivity index (χ3n) is 4.58. The number of halogens is 3. The number of nitrogens with zero attached hydrogens (tertiary/aromatic N) is 1. The smallest absolute Gasteiger partial charge is 0.385 e. The summed E-state index contributed by atoms with van der Waals surface area (Å²) >= 11 is 0. The summed E-state index contributed by atoms with van der Waals surface area (Å²) in [5.41, 5.74) is 0.151. The van der Waals surface area contributed by atoms with Crippen LogP contribution in [0.3, 0.4) is 0 Å². The van der Waals surface area contributed by atoms with Gasteiger partial charge in [0.1, 0.15) is 6.26 Å². The summed E-state index contributed by atoms with van der Waals surface area (Å²) in [7, 11) is 0. The van der Waals surface area contributed by atoms with Crippen LogP contribution in [0.4, 0.5) is 13.2 Å². The van der Waals surface area contributed by atoms with E-state index in [0.29, 0.717) is 18.4 Å². The molecule has 4 nitrogen and oxygen atoms in total. The molecule has 0 aliphatic carbocycles. The van der Waals surface area contributed by atoms with Gasteiger partial charge in [0.15, 0.2) is 0 Å². The SMILES string of the molecule is Cc1nocc1[C@@H]1CC(O)(c2ccc(C(F)(F)F)cc2)C[C@H](C)N1. The van der Waals surface area contributed by atoms with Crippen LogP contribution >= 0.6 is 0 Å². The van der Waals surface area contributed by atoms with Crippen LogP contribution in [0.5, 0.6) is 0 Å². The highest BCUT2D eigenvalue weighted by atomic mass is 19.4. The quantitative estimate of drug-likeness (QED) is 0.875. The van der Waals surface area contributed by atoms with Gasteiger partial charge < -0.3 is 14.9 Å². The zero-order chi connectivity index (χ0) is 17.5. The van der Waals surface area contributed by atoms with E-state index in [0.717, 1.165) is 23.4 Å². The van der Waals surface area contributed by atoms with Gasteiger partial charge in [-0.15, -0.1) is 0 Å². The maximum Gasteiger partial charge on any atom is 0.416 e. The number of hydrogen-bond acceptors (Lipinski definition) is 4. The van der Waals surface area contributed by atoms with E-state index in [4.69, 9.17) is 4.52 Å². The molecular weight excluding hydrogens is 321 g/mol. The number of aryl methyl sites for hydroxylation is 1.